The van der Waals surface area contributed by atoms with Crippen molar-refractivity contribution in [3.63, 3.8) is 0 Å². The third-order valence-electron chi connectivity index (χ3n) is 2.57. The standard InChI is InChI=1S/C11H14F2O/c1-7(2)11(3,14)8-4-9(12)6-10(13)5-8/h4-7,14H,1-3H3/t11-/m1/s1. The van der Waals surface area contributed by atoms with Gasteiger partial charge in [-0.3, -0.25) is 0 Å². The normalized spacial score (nSPS) is 15.6. The van der Waals surface area contributed by atoms with Gasteiger partial charge in [0.25, 0.3) is 0 Å². The Morgan fingerprint density at radius 2 is 1.57 bits per heavy atom. The van der Waals surface area contributed by atoms with E-state index in [0.29, 0.717) is 0 Å². The number of rotatable bonds is 2. The highest BCUT2D eigenvalue weighted by atomic mass is 19.1. The Morgan fingerprint density at radius 3 is 1.93 bits per heavy atom. The minimum atomic E-state index is -1.21. The molecule has 1 aromatic rings. The summed E-state index contributed by atoms with van der Waals surface area (Å²) in [6.07, 6.45) is 0. The van der Waals surface area contributed by atoms with Crippen molar-refractivity contribution in [2.24, 2.45) is 5.92 Å². The molecular weight excluding hydrogens is 186 g/mol. The second-order valence-electron chi connectivity index (χ2n) is 3.96. The Hall–Kier alpha value is -0.960. The van der Waals surface area contributed by atoms with Crippen molar-refractivity contribution in [2.75, 3.05) is 0 Å². The van der Waals surface area contributed by atoms with Gasteiger partial charge in [0.05, 0.1) is 5.60 Å². The van der Waals surface area contributed by atoms with E-state index in [1.54, 1.807) is 20.8 Å². The molecule has 0 heterocycles. The van der Waals surface area contributed by atoms with E-state index in [-0.39, 0.29) is 11.5 Å². The molecule has 1 aromatic carbocycles. The Labute approximate surface area is 82.4 Å². The SMILES string of the molecule is CC(C)[C@@](C)(O)c1cc(F)cc(F)c1. The van der Waals surface area contributed by atoms with E-state index in [0.717, 1.165) is 18.2 Å². The molecule has 0 unspecified atom stereocenters. The lowest BCUT2D eigenvalue weighted by atomic mass is 9.85. The Bertz CT molecular complexity index is 312. The average Bonchev–Trinajstić information content (AvgIpc) is 2.01. The van der Waals surface area contributed by atoms with Crippen molar-refractivity contribution in [3.8, 4) is 0 Å². The van der Waals surface area contributed by atoms with Crippen LogP contribution in [-0.2, 0) is 5.60 Å². The van der Waals surface area contributed by atoms with Gasteiger partial charge in [0.15, 0.2) is 0 Å². The first-order valence-corrected chi connectivity index (χ1v) is 4.53. The molecule has 0 radical (unpaired) electrons. The lowest BCUT2D eigenvalue weighted by Gasteiger charge is -2.28. The highest BCUT2D eigenvalue weighted by molar-refractivity contribution is 5.24. The topological polar surface area (TPSA) is 20.2 Å². The lowest BCUT2D eigenvalue weighted by Crippen LogP contribution is -2.28. The summed E-state index contributed by atoms with van der Waals surface area (Å²) < 4.78 is 25.7. The van der Waals surface area contributed by atoms with Crippen molar-refractivity contribution in [3.05, 3.63) is 35.4 Å². The van der Waals surface area contributed by atoms with Crippen LogP contribution in [0.15, 0.2) is 18.2 Å². The Kier molecular flexibility index (Phi) is 2.90. The molecule has 0 spiro atoms. The van der Waals surface area contributed by atoms with Crippen LogP contribution < -0.4 is 0 Å². The Morgan fingerprint density at radius 1 is 1.14 bits per heavy atom. The molecule has 14 heavy (non-hydrogen) atoms. The van der Waals surface area contributed by atoms with Crippen LogP contribution in [0.2, 0.25) is 0 Å². The third-order valence-corrected chi connectivity index (χ3v) is 2.57. The number of aliphatic hydroxyl groups is 1. The summed E-state index contributed by atoms with van der Waals surface area (Å²) in [6.45, 7) is 5.14. The maximum Gasteiger partial charge on any atom is 0.126 e. The molecule has 78 valence electrons. The summed E-state index contributed by atoms with van der Waals surface area (Å²) in [6, 6.07) is 3.10. The fourth-order valence-corrected chi connectivity index (χ4v) is 1.18. The monoisotopic (exact) mass is 200 g/mol. The molecule has 0 bridgehead atoms. The van der Waals surface area contributed by atoms with Crippen LogP contribution in [0.3, 0.4) is 0 Å². The molecule has 1 atom stereocenters. The predicted octanol–water partition coefficient (Wildman–Crippen LogP) is 2.83. The summed E-state index contributed by atoms with van der Waals surface area (Å²) in [4.78, 5) is 0. The zero-order valence-corrected chi connectivity index (χ0v) is 8.51. The van der Waals surface area contributed by atoms with E-state index in [1.165, 1.54) is 0 Å². The number of hydrogen-bond donors (Lipinski definition) is 1. The predicted molar refractivity (Wildman–Crippen MR) is 50.8 cm³/mol. The van der Waals surface area contributed by atoms with Crippen LogP contribution in [0, 0.1) is 17.6 Å². The first-order valence-electron chi connectivity index (χ1n) is 4.53. The fraction of sp³-hybridized carbons (Fsp3) is 0.455. The molecule has 0 fully saturated rings. The molecule has 0 aliphatic carbocycles. The van der Waals surface area contributed by atoms with E-state index >= 15 is 0 Å². The molecule has 0 saturated carbocycles. The van der Waals surface area contributed by atoms with Gasteiger partial charge in [-0.2, -0.15) is 0 Å². The zero-order chi connectivity index (χ0) is 10.9. The van der Waals surface area contributed by atoms with Crippen LogP contribution in [0.25, 0.3) is 0 Å². The van der Waals surface area contributed by atoms with Gasteiger partial charge in [-0.05, 0) is 30.5 Å². The summed E-state index contributed by atoms with van der Waals surface area (Å²) in [5.41, 5.74) is -0.937. The van der Waals surface area contributed by atoms with Gasteiger partial charge in [0, 0.05) is 6.07 Å². The van der Waals surface area contributed by atoms with Gasteiger partial charge in [0.1, 0.15) is 11.6 Å². The highest BCUT2D eigenvalue weighted by Crippen LogP contribution is 2.29. The quantitative estimate of drug-likeness (QED) is 0.778. The van der Waals surface area contributed by atoms with Crippen LogP contribution in [0.4, 0.5) is 8.78 Å². The minimum Gasteiger partial charge on any atom is -0.385 e. The van der Waals surface area contributed by atoms with Gasteiger partial charge in [-0.15, -0.1) is 0 Å². The smallest absolute Gasteiger partial charge is 0.126 e. The molecule has 1 rings (SSSR count). The van der Waals surface area contributed by atoms with Crippen LogP contribution >= 0.6 is 0 Å². The molecular formula is C11H14F2O. The van der Waals surface area contributed by atoms with Gasteiger partial charge in [-0.1, -0.05) is 13.8 Å². The molecule has 3 heteroatoms. The van der Waals surface area contributed by atoms with Crippen molar-refractivity contribution >= 4 is 0 Å². The Balaban J connectivity index is 3.18. The second-order valence-corrected chi connectivity index (χ2v) is 3.96. The number of halogens is 2. The van der Waals surface area contributed by atoms with Crippen molar-refractivity contribution in [1.29, 1.82) is 0 Å². The lowest BCUT2D eigenvalue weighted by molar-refractivity contribution is 0.00849. The van der Waals surface area contributed by atoms with Gasteiger partial charge < -0.3 is 5.11 Å². The first kappa shape index (κ1) is 11.1. The molecule has 0 saturated heterocycles. The maximum atomic E-state index is 12.9. The summed E-state index contributed by atoms with van der Waals surface area (Å²) in [5.74, 6) is -1.44. The molecule has 1 nitrogen and oxygen atoms in total. The van der Waals surface area contributed by atoms with E-state index < -0.39 is 17.2 Å². The van der Waals surface area contributed by atoms with Gasteiger partial charge >= 0.3 is 0 Å². The summed E-state index contributed by atoms with van der Waals surface area (Å²) in [5, 5.41) is 9.98. The van der Waals surface area contributed by atoms with Crippen molar-refractivity contribution < 1.29 is 13.9 Å². The van der Waals surface area contributed by atoms with E-state index in [2.05, 4.69) is 0 Å². The van der Waals surface area contributed by atoms with E-state index in [9.17, 15) is 13.9 Å². The first-order chi connectivity index (χ1) is 6.34. The fourth-order valence-electron chi connectivity index (χ4n) is 1.18. The molecule has 1 N–H and O–H groups in total. The van der Waals surface area contributed by atoms with Crippen molar-refractivity contribution in [2.45, 2.75) is 26.4 Å². The number of benzene rings is 1. The minimum absolute atomic E-state index is 0.108. The summed E-state index contributed by atoms with van der Waals surface area (Å²) in [7, 11) is 0. The molecule has 0 aliphatic rings. The molecule has 0 amide bonds. The highest BCUT2D eigenvalue weighted by Gasteiger charge is 2.28. The van der Waals surface area contributed by atoms with Crippen LogP contribution in [-0.4, -0.2) is 5.11 Å². The third kappa shape index (κ3) is 2.10. The van der Waals surface area contributed by atoms with Crippen LogP contribution in [0.5, 0.6) is 0 Å². The van der Waals surface area contributed by atoms with E-state index in [1.807, 2.05) is 0 Å². The maximum absolute atomic E-state index is 12.9. The van der Waals surface area contributed by atoms with Gasteiger partial charge in [0.2, 0.25) is 0 Å². The van der Waals surface area contributed by atoms with Crippen molar-refractivity contribution in [1.82, 2.24) is 0 Å². The average molecular weight is 200 g/mol. The van der Waals surface area contributed by atoms with Gasteiger partial charge in [-0.25, -0.2) is 8.78 Å². The molecule has 0 aromatic heterocycles. The van der Waals surface area contributed by atoms with E-state index in [4.69, 9.17) is 0 Å². The number of hydrogen-bond acceptors (Lipinski definition) is 1. The molecule has 0 aliphatic heterocycles. The second kappa shape index (κ2) is 3.65. The summed E-state index contributed by atoms with van der Waals surface area (Å²) >= 11 is 0. The zero-order valence-electron chi connectivity index (χ0n) is 8.51. The van der Waals surface area contributed by atoms with Crippen LogP contribution in [0.1, 0.15) is 26.3 Å². The largest absolute Gasteiger partial charge is 0.385 e.